The average molecular weight is 377 g/mol. The van der Waals surface area contributed by atoms with Crippen LogP contribution in [0.4, 0.5) is 16.2 Å². The number of anilines is 2. The van der Waals surface area contributed by atoms with Gasteiger partial charge in [-0.1, -0.05) is 18.2 Å². The molecule has 0 aliphatic rings. The Morgan fingerprint density at radius 2 is 1.79 bits per heavy atom. The number of hydrogen-bond donors (Lipinski definition) is 2. The van der Waals surface area contributed by atoms with Crippen LogP contribution in [0.25, 0.3) is 5.69 Å². The largest absolute Gasteiger partial charge is 0.338 e. The lowest BCUT2D eigenvalue weighted by molar-refractivity contribution is -0.116. The molecule has 0 aliphatic carbocycles. The van der Waals surface area contributed by atoms with E-state index in [0.717, 1.165) is 16.9 Å². The van der Waals surface area contributed by atoms with E-state index in [-0.39, 0.29) is 11.9 Å². The van der Waals surface area contributed by atoms with E-state index < -0.39 is 0 Å². The molecule has 0 spiro atoms. The third-order valence-electron chi connectivity index (χ3n) is 4.34. The van der Waals surface area contributed by atoms with E-state index in [1.807, 2.05) is 41.2 Å². The zero-order chi connectivity index (χ0) is 19.9. The van der Waals surface area contributed by atoms with Gasteiger partial charge >= 0.3 is 6.03 Å². The second kappa shape index (κ2) is 8.85. The molecule has 3 rings (SSSR count). The first kappa shape index (κ1) is 19.2. The first-order valence-electron chi connectivity index (χ1n) is 9.01. The third kappa shape index (κ3) is 4.97. The van der Waals surface area contributed by atoms with Crippen LogP contribution in [0.3, 0.4) is 0 Å². The summed E-state index contributed by atoms with van der Waals surface area (Å²) in [6, 6.07) is 16.7. The van der Waals surface area contributed by atoms with Crippen molar-refractivity contribution in [1.29, 1.82) is 0 Å². The number of hydrogen-bond acceptors (Lipinski definition) is 3. The minimum Gasteiger partial charge on any atom is -0.338 e. The Morgan fingerprint density at radius 3 is 2.46 bits per heavy atom. The molecule has 0 radical (unpaired) electrons. The summed E-state index contributed by atoms with van der Waals surface area (Å²) in [5.74, 6) is -0.0472. The second-order valence-electron chi connectivity index (χ2n) is 6.38. The Kier molecular flexibility index (Phi) is 6.06. The lowest BCUT2D eigenvalue weighted by Gasteiger charge is -2.15. The maximum absolute atomic E-state index is 12.0. The van der Waals surface area contributed by atoms with Crippen molar-refractivity contribution in [3.05, 3.63) is 72.6 Å². The van der Waals surface area contributed by atoms with E-state index in [1.165, 1.54) is 6.92 Å². The van der Waals surface area contributed by atoms with Crippen LogP contribution < -0.4 is 15.5 Å². The van der Waals surface area contributed by atoms with Gasteiger partial charge in [-0.15, -0.1) is 0 Å². The first-order chi connectivity index (χ1) is 13.5. The Morgan fingerprint density at radius 1 is 1.07 bits per heavy atom. The number of rotatable bonds is 6. The number of urea groups is 1. The number of carbonyl (C=O) groups is 2. The highest BCUT2D eigenvalue weighted by Gasteiger charge is 2.07. The van der Waals surface area contributed by atoms with Gasteiger partial charge in [0.25, 0.3) is 0 Å². The summed E-state index contributed by atoms with van der Waals surface area (Å²) in [6.45, 7) is 2.00. The summed E-state index contributed by atoms with van der Waals surface area (Å²) < 4.78 is 1.81. The maximum Gasteiger partial charge on any atom is 0.319 e. The fourth-order valence-electron chi connectivity index (χ4n) is 2.66. The number of amides is 3. The van der Waals surface area contributed by atoms with Crippen LogP contribution in [-0.4, -0.2) is 35.3 Å². The molecule has 0 unspecified atom stereocenters. The molecule has 144 valence electrons. The third-order valence-corrected chi connectivity index (χ3v) is 4.34. The van der Waals surface area contributed by atoms with Crippen molar-refractivity contribution in [3.63, 3.8) is 0 Å². The molecule has 1 aromatic heterocycles. The molecule has 2 N–H and O–H groups in total. The second-order valence-corrected chi connectivity index (χ2v) is 6.38. The predicted molar refractivity (Wildman–Crippen MR) is 110 cm³/mol. The van der Waals surface area contributed by atoms with E-state index in [0.29, 0.717) is 18.7 Å². The van der Waals surface area contributed by atoms with Crippen molar-refractivity contribution in [2.45, 2.75) is 13.3 Å². The average Bonchev–Trinajstić information content (AvgIpc) is 3.17. The summed E-state index contributed by atoms with van der Waals surface area (Å²) in [5, 5.41) is 9.96. The molecule has 3 aromatic rings. The lowest BCUT2D eigenvalue weighted by atomic mass is 10.2. The molecule has 0 aliphatic heterocycles. The number of aromatic nitrogens is 2. The fraction of sp³-hybridized carbons (Fsp3) is 0.190. The Labute approximate surface area is 164 Å². The molecular weight excluding hydrogens is 354 g/mol. The van der Waals surface area contributed by atoms with Crippen molar-refractivity contribution in [2.24, 2.45) is 0 Å². The minimum atomic E-state index is -0.275. The summed E-state index contributed by atoms with van der Waals surface area (Å²) in [4.78, 5) is 25.0. The standard InChI is InChI=1S/C21H23N5O2/c1-16(27)25(2)19-10-8-18(9-11-19)24-21(28)22-13-12-17-14-23-26(15-17)20-6-4-3-5-7-20/h3-11,14-15H,12-13H2,1-2H3,(H2,22,24,28). The molecule has 7 heteroatoms. The van der Waals surface area contributed by atoms with Gasteiger partial charge in [-0.25, -0.2) is 9.48 Å². The summed E-state index contributed by atoms with van der Waals surface area (Å²) in [6.07, 6.45) is 4.44. The van der Waals surface area contributed by atoms with E-state index in [9.17, 15) is 9.59 Å². The molecule has 2 aromatic carbocycles. The smallest absolute Gasteiger partial charge is 0.319 e. The summed E-state index contributed by atoms with van der Waals surface area (Å²) in [5.41, 5.74) is 3.48. The SMILES string of the molecule is CC(=O)N(C)c1ccc(NC(=O)NCCc2cnn(-c3ccccc3)c2)cc1. The fourth-order valence-corrected chi connectivity index (χ4v) is 2.66. The van der Waals surface area contributed by atoms with Crippen molar-refractivity contribution in [3.8, 4) is 5.69 Å². The zero-order valence-corrected chi connectivity index (χ0v) is 15.9. The first-order valence-corrected chi connectivity index (χ1v) is 9.01. The monoisotopic (exact) mass is 377 g/mol. The van der Waals surface area contributed by atoms with Crippen molar-refractivity contribution >= 4 is 23.3 Å². The minimum absolute atomic E-state index is 0.0472. The van der Waals surface area contributed by atoms with Gasteiger partial charge in [0.05, 0.1) is 11.9 Å². The van der Waals surface area contributed by atoms with Crippen LogP contribution in [0.15, 0.2) is 67.0 Å². The number of para-hydroxylation sites is 1. The predicted octanol–water partition coefficient (Wildman–Crippen LogP) is 3.22. The van der Waals surface area contributed by atoms with Gasteiger partial charge in [-0.2, -0.15) is 5.10 Å². The Hall–Kier alpha value is -3.61. The van der Waals surface area contributed by atoms with E-state index >= 15 is 0 Å². The van der Waals surface area contributed by atoms with Crippen LogP contribution in [0.2, 0.25) is 0 Å². The van der Waals surface area contributed by atoms with Gasteiger partial charge < -0.3 is 15.5 Å². The normalized spacial score (nSPS) is 10.4. The molecule has 28 heavy (non-hydrogen) atoms. The van der Waals surface area contributed by atoms with Crippen molar-refractivity contribution < 1.29 is 9.59 Å². The number of nitrogens with zero attached hydrogens (tertiary/aromatic N) is 3. The van der Waals surface area contributed by atoms with Crippen LogP contribution in [-0.2, 0) is 11.2 Å². The lowest BCUT2D eigenvalue weighted by Crippen LogP contribution is -2.30. The van der Waals surface area contributed by atoms with Gasteiger partial charge in [-0.3, -0.25) is 4.79 Å². The van der Waals surface area contributed by atoms with Gasteiger partial charge in [-0.05, 0) is 48.4 Å². The number of benzene rings is 2. The van der Waals surface area contributed by atoms with Gasteiger partial charge in [0.15, 0.2) is 0 Å². The molecule has 0 saturated heterocycles. The topological polar surface area (TPSA) is 79.3 Å². The zero-order valence-electron chi connectivity index (χ0n) is 15.9. The van der Waals surface area contributed by atoms with E-state index in [1.54, 1.807) is 42.4 Å². The number of nitrogens with one attached hydrogen (secondary N) is 2. The quantitative estimate of drug-likeness (QED) is 0.692. The van der Waals surface area contributed by atoms with Crippen LogP contribution >= 0.6 is 0 Å². The van der Waals surface area contributed by atoms with Gasteiger partial charge in [0.2, 0.25) is 5.91 Å². The molecule has 0 fully saturated rings. The number of carbonyl (C=O) groups excluding carboxylic acids is 2. The molecule has 0 saturated carbocycles. The Bertz CT molecular complexity index is 935. The van der Waals surface area contributed by atoms with Crippen molar-refractivity contribution in [2.75, 3.05) is 23.8 Å². The molecule has 0 bridgehead atoms. The molecule has 7 nitrogen and oxygen atoms in total. The highest BCUT2D eigenvalue weighted by atomic mass is 16.2. The van der Waals surface area contributed by atoms with E-state index in [4.69, 9.17) is 0 Å². The molecule has 3 amide bonds. The molecule has 1 heterocycles. The van der Waals surface area contributed by atoms with Crippen LogP contribution in [0, 0.1) is 0 Å². The van der Waals surface area contributed by atoms with Crippen LogP contribution in [0.5, 0.6) is 0 Å². The highest BCUT2D eigenvalue weighted by Crippen LogP contribution is 2.16. The summed E-state index contributed by atoms with van der Waals surface area (Å²) >= 11 is 0. The van der Waals surface area contributed by atoms with Crippen molar-refractivity contribution in [1.82, 2.24) is 15.1 Å². The van der Waals surface area contributed by atoms with Gasteiger partial charge in [0.1, 0.15) is 0 Å². The highest BCUT2D eigenvalue weighted by molar-refractivity contribution is 5.92. The molecule has 0 atom stereocenters. The van der Waals surface area contributed by atoms with E-state index in [2.05, 4.69) is 15.7 Å². The molecular formula is C21H23N5O2. The van der Waals surface area contributed by atoms with Crippen LogP contribution in [0.1, 0.15) is 12.5 Å². The van der Waals surface area contributed by atoms with Gasteiger partial charge in [0, 0.05) is 38.1 Å². The maximum atomic E-state index is 12.0. The Balaban J connectivity index is 1.46. The summed E-state index contributed by atoms with van der Waals surface area (Å²) in [7, 11) is 1.71.